The first kappa shape index (κ1) is 18.0. The Morgan fingerprint density at radius 1 is 1.18 bits per heavy atom. The molecule has 0 amide bonds. The highest BCUT2D eigenvalue weighted by Gasteiger charge is 2.30. The molecule has 2 rings (SSSR count). The fourth-order valence-electron chi connectivity index (χ4n) is 3.29. The Bertz CT molecular complexity index is 516. The van der Waals surface area contributed by atoms with Crippen LogP contribution < -0.4 is 0 Å². The zero-order valence-corrected chi connectivity index (χ0v) is 15.5. The number of allylic oxidation sites excluding steroid dienone is 2. The first-order valence-electron chi connectivity index (χ1n) is 8.22. The number of rotatable bonds is 7. The molecule has 1 aliphatic carbocycles. The van der Waals surface area contributed by atoms with Crippen molar-refractivity contribution in [3.05, 3.63) is 46.0 Å². The number of aryl methyl sites for hydroxylation is 1. The van der Waals surface area contributed by atoms with E-state index in [0.717, 1.165) is 35.2 Å². The van der Waals surface area contributed by atoms with Gasteiger partial charge in [0.2, 0.25) is 0 Å². The minimum atomic E-state index is 0.569. The fraction of sp³-hybridized carbons (Fsp3) is 0.526. The Balaban J connectivity index is 1.92. The summed E-state index contributed by atoms with van der Waals surface area (Å²) >= 11 is 17.8. The molecule has 1 aromatic rings. The molecule has 0 heterocycles. The molecule has 1 aromatic carbocycles. The highest BCUT2D eigenvalue weighted by atomic mass is 35.5. The van der Waals surface area contributed by atoms with Gasteiger partial charge < -0.3 is 0 Å². The number of hydrogen-bond acceptors (Lipinski definition) is 1. The van der Waals surface area contributed by atoms with Gasteiger partial charge in [-0.1, -0.05) is 60.9 Å². The third kappa shape index (κ3) is 5.37. The summed E-state index contributed by atoms with van der Waals surface area (Å²) < 4.78 is 0. The van der Waals surface area contributed by atoms with E-state index in [9.17, 15) is 0 Å². The fourth-order valence-corrected chi connectivity index (χ4v) is 4.29. The summed E-state index contributed by atoms with van der Waals surface area (Å²) in [5.41, 5.74) is 1.22. The Labute approximate surface area is 149 Å². The highest BCUT2D eigenvalue weighted by Crippen LogP contribution is 2.36. The van der Waals surface area contributed by atoms with Crippen LogP contribution in [0.2, 0.25) is 10.0 Å². The van der Waals surface area contributed by atoms with E-state index in [1.165, 1.54) is 36.1 Å². The van der Waals surface area contributed by atoms with Gasteiger partial charge in [-0.25, -0.2) is 0 Å². The lowest BCUT2D eigenvalue weighted by Gasteiger charge is -2.18. The third-order valence-corrected chi connectivity index (χ3v) is 5.41. The molecule has 1 aliphatic rings. The summed E-state index contributed by atoms with van der Waals surface area (Å²) in [6.07, 6.45) is 12.7. The van der Waals surface area contributed by atoms with Crippen LogP contribution in [-0.2, 0) is 6.42 Å². The molecule has 0 unspecified atom stereocenters. The van der Waals surface area contributed by atoms with Crippen LogP contribution in [0.5, 0.6) is 0 Å². The lowest BCUT2D eigenvalue weighted by Crippen LogP contribution is -2.14. The molecule has 1 fully saturated rings. The van der Waals surface area contributed by atoms with Gasteiger partial charge in [-0.15, -0.1) is 0 Å². The van der Waals surface area contributed by atoms with Crippen LogP contribution in [0, 0.1) is 11.8 Å². The lowest BCUT2D eigenvalue weighted by atomic mass is 9.87. The van der Waals surface area contributed by atoms with Crippen LogP contribution in [0.3, 0.4) is 0 Å². The van der Waals surface area contributed by atoms with Crippen LogP contribution in [0.1, 0.15) is 51.0 Å². The molecule has 22 heavy (non-hydrogen) atoms. The van der Waals surface area contributed by atoms with Crippen LogP contribution >= 0.6 is 35.4 Å². The van der Waals surface area contributed by atoms with Gasteiger partial charge in [-0.05, 0) is 79.0 Å². The van der Waals surface area contributed by atoms with Gasteiger partial charge in [0.1, 0.15) is 0 Å². The van der Waals surface area contributed by atoms with Crippen molar-refractivity contribution in [2.75, 3.05) is 0 Å². The minimum absolute atomic E-state index is 0.569. The Morgan fingerprint density at radius 2 is 1.91 bits per heavy atom. The second-order valence-corrected chi connectivity index (χ2v) is 7.58. The quantitative estimate of drug-likeness (QED) is 0.372. The van der Waals surface area contributed by atoms with E-state index in [1.54, 1.807) is 6.07 Å². The van der Waals surface area contributed by atoms with E-state index in [2.05, 4.69) is 19.1 Å². The topological polar surface area (TPSA) is 0 Å². The zero-order chi connectivity index (χ0) is 15.9. The maximum atomic E-state index is 6.08. The van der Waals surface area contributed by atoms with Crippen LogP contribution in [-0.4, -0.2) is 4.86 Å². The Kier molecular flexibility index (Phi) is 7.40. The molecule has 2 atom stereocenters. The van der Waals surface area contributed by atoms with Crippen molar-refractivity contribution >= 4 is 40.3 Å². The number of thiocarbonyl (C=S) groups is 1. The third-order valence-electron chi connectivity index (χ3n) is 4.47. The summed E-state index contributed by atoms with van der Waals surface area (Å²) in [5, 5.41) is 1.44. The summed E-state index contributed by atoms with van der Waals surface area (Å²) in [6, 6.07) is 5.82. The predicted octanol–water partition coefficient (Wildman–Crippen LogP) is 7.07. The maximum absolute atomic E-state index is 6.08. The van der Waals surface area contributed by atoms with Crippen molar-refractivity contribution < 1.29 is 0 Å². The van der Waals surface area contributed by atoms with Crippen LogP contribution in [0.4, 0.5) is 0 Å². The molecule has 0 saturated heterocycles. The van der Waals surface area contributed by atoms with Gasteiger partial charge >= 0.3 is 0 Å². The molecule has 0 spiro atoms. The molecule has 0 bridgehead atoms. The summed E-state index contributed by atoms with van der Waals surface area (Å²) in [5.74, 6) is 1.29. The van der Waals surface area contributed by atoms with Crippen molar-refractivity contribution in [2.24, 2.45) is 11.8 Å². The van der Waals surface area contributed by atoms with Gasteiger partial charge in [0.15, 0.2) is 0 Å². The number of hydrogen-bond donors (Lipinski definition) is 0. The zero-order valence-electron chi connectivity index (χ0n) is 13.2. The summed E-state index contributed by atoms with van der Waals surface area (Å²) in [7, 11) is 0. The van der Waals surface area contributed by atoms with E-state index in [4.69, 9.17) is 35.4 Å². The molecule has 0 radical (unpaired) electrons. The average molecular weight is 355 g/mol. The SMILES string of the molecule is CCC/C=C\C[C@H]1CCC(=S)[C@@H]1CCc1cc(Cl)cc(Cl)c1. The number of benzene rings is 1. The largest absolute Gasteiger partial charge is 0.0894 e. The molecule has 0 nitrogen and oxygen atoms in total. The molecular weight excluding hydrogens is 331 g/mol. The molecular formula is C19H24Cl2S. The first-order valence-corrected chi connectivity index (χ1v) is 9.39. The van der Waals surface area contributed by atoms with Crippen molar-refractivity contribution in [1.82, 2.24) is 0 Å². The van der Waals surface area contributed by atoms with Crippen molar-refractivity contribution in [2.45, 2.75) is 51.9 Å². The second-order valence-electron chi connectivity index (χ2n) is 6.18. The predicted molar refractivity (Wildman–Crippen MR) is 102 cm³/mol. The number of unbranched alkanes of at least 4 members (excludes halogenated alkanes) is 1. The van der Waals surface area contributed by atoms with Crippen LogP contribution in [0.25, 0.3) is 0 Å². The van der Waals surface area contributed by atoms with Crippen molar-refractivity contribution in [3.63, 3.8) is 0 Å². The second kappa shape index (κ2) is 9.05. The average Bonchev–Trinajstić information content (AvgIpc) is 2.81. The van der Waals surface area contributed by atoms with E-state index in [1.807, 2.05) is 12.1 Å². The molecule has 0 N–H and O–H groups in total. The van der Waals surface area contributed by atoms with E-state index >= 15 is 0 Å². The first-order chi connectivity index (χ1) is 10.6. The highest BCUT2D eigenvalue weighted by molar-refractivity contribution is 7.80. The minimum Gasteiger partial charge on any atom is -0.0894 e. The number of halogens is 2. The lowest BCUT2D eigenvalue weighted by molar-refractivity contribution is 0.423. The summed E-state index contributed by atoms with van der Waals surface area (Å²) in [4.78, 5) is 1.27. The van der Waals surface area contributed by atoms with E-state index in [-0.39, 0.29) is 0 Å². The maximum Gasteiger partial charge on any atom is 0.0423 e. The van der Waals surface area contributed by atoms with Crippen molar-refractivity contribution in [3.8, 4) is 0 Å². The molecule has 0 aromatic heterocycles. The van der Waals surface area contributed by atoms with Crippen LogP contribution in [0.15, 0.2) is 30.4 Å². The van der Waals surface area contributed by atoms with Gasteiger partial charge in [0.25, 0.3) is 0 Å². The Hall–Kier alpha value is -0.370. The van der Waals surface area contributed by atoms with E-state index < -0.39 is 0 Å². The monoisotopic (exact) mass is 354 g/mol. The molecule has 0 aliphatic heterocycles. The Morgan fingerprint density at radius 3 is 2.59 bits per heavy atom. The molecule has 1 saturated carbocycles. The standard InChI is InChI=1S/C19H24Cl2S/c1-2-3-4-5-6-15-8-10-19(22)18(15)9-7-14-11-16(20)13-17(21)12-14/h4-5,11-13,15,18H,2-3,6-10H2,1H3/b5-4-/t15-,18+/m0/s1. The van der Waals surface area contributed by atoms with Gasteiger partial charge in [0.05, 0.1) is 0 Å². The van der Waals surface area contributed by atoms with E-state index in [0.29, 0.717) is 5.92 Å². The van der Waals surface area contributed by atoms with Gasteiger partial charge in [-0.3, -0.25) is 0 Å². The molecule has 120 valence electrons. The smallest absolute Gasteiger partial charge is 0.0423 e. The van der Waals surface area contributed by atoms with Gasteiger partial charge in [0, 0.05) is 10.0 Å². The van der Waals surface area contributed by atoms with Gasteiger partial charge in [-0.2, -0.15) is 0 Å². The molecule has 3 heteroatoms. The summed E-state index contributed by atoms with van der Waals surface area (Å²) in [6.45, 7) is 2.22. The normalized spacial score (nSPS) is 21.9. The van der Waals surface area contributed by atoms with Crippen molar-refractivity contribution in [1.29, 1.82) is 0 Å².